The molecule has 0 saturated carbocycles. The molecule has 3 N–H and O–H groups in total. The van der Waals surface area contributed by atoms with E-state index in [1.807, 2.05) is 0 Å². The molecule has 16 heavy (non-hydrogen) atoms. The van der Waals surface area contributed by atoms with Crippen LogP contribution in [-0.2, 0) is 6.54 Å². The minimum Gasteiger partial charge on any atom is -0.409 e. The van der Waals surface area contributed by atoms with Gasteiger partial charge in [-0.05, 0) is 34.6 Å². The van der Waals surface area contributed by atoms with E-state index in [0.717, 1.165) is 23.4 Å². The second-order valence-electron chi connectivity index (χ2n) is 3.42. The Labute approximate surface area is 108 Å². The van der Waals surface area contributed by atoms with Crippen molar-refractivity contribution in [3.05, 3.63) is 20.8 Å². The second-order valence-corrected chi connectivity index (χ2v) is 5.96. The zero-order chi connectivity index (χ0) is 12.0. The molecule has 1 aromatic rings. The molecule has 0 atom stereocenters. The summed E-state index contributed by atoms with van der Waals surface area (Å²) in [6, 6.07) is 4.16. The average molecular weight is 306 g/mol. The number of nitrogens with zero attached hydrogens (tertiary/aromatic N) is 2. The highest BCUT2D eigenvalue weighted by Crippen LogP contribution is 2.23. The number of amidine groups is 1. The van der Waals surface area contributed by atoms with Crippen LogP contribution < -0.4 is 5.73 Å². The van der Waals surface area contributed by atoms with Crippen molar-refractivity contribution in [3.8, 4) is 0 Å². The Bertz CT molecular complexity index is 354. The van der Waals surface area contributed by atoms with E-state index in [9.17, 15) is 0 Å². The van der Waals surface area contributed by atoms with Crippen LogP contribution >= 0.6 is 27.3 Å². The lowest BCUT2D eigenvalue weighted by atomic mass is 10.3. The zero-order valence-corrected chi connectivity index (χ0v) is 11.6. The number of hydrogen-bond acceptors (Lipinski definition) is 4. The Kier molecular flexibility index (Phi) is 5.79. The van der Waals surface area contributed by atoms with Gasteiger partial charge in [-0.3, -0.25) is 4.90 Å². The van der Waals surface area contributed by atoms with E-state index in [4.69, 9.17) is 10.9 Å². The summed E-state index contributed by atoms with van der Waals surface area (Å²) in [7, 11) is 0. The van der Waals surface area contributed by atoms with E-state index in [-0.39, 0.29) is 5.84 Å². The molecule has 0 aromatic carbocycles. The average Bonchev–Trinajstić information content (AvgIpc) is 2.69. The number of hydrogen-bond donors (Lipinski definition) is 2. The number of rotatable bonds is 6. The molecule has 0 aliphatic carbocycles. The van der Waals surface area contributed by atoms with Crippen molar-refractivity contribution in [1.82, 2.24) is 4.90 Å². The van der Waals surface area contributed by atoms with Crippen molar-refractivity contribution in [2.75, 3.05) is 13.1 Å². The summed E-state index contributed by atoms with van der Waals surface area (Å²) < 4.78 is 1.15. The monoisotopic (exact) mass is 305 g/mol. The lowest BCUT2D eigenvalue weighted by molar-refractivity contribution is 0.285. The predicted molar refractivity (Wildman–Crippen MR) is 71.0 cm³/mol. The summed E-state index contributed by atoms with van der Waals surface area (Å²) in [6.45, 7) is 4.77. The minimum absolute atomic E-state index is 0.283. The fourth-order valence-electron chi connectivity index (χ4n) is 1.33. The zero-order valence-electron chi connectivity index (χ0n) is 9.19. The summed E-state index contributed by atoms with van der Waals surface area (Å²) in [5.41, 5.74) is 5.44. The normalized spacial score (nSPS) is 12.3. The summed E-state index contributed by atoms with van der Waals surface area (Å²) in [6.07, 6.45) is 0.594. The molecule has 0 aliphatic rings. The van der Waals surface area contributed by atoms with Crippen LogP contribution in [0.4, 0.5) is 0 Å². The van der Waals surface area contributed by atoms with E-state index < -0.39 is 0 Å². The van der Waals surface area contributed by atoms with Gasteiger partial charge in [0.1, 0.15) is 5.84 Å². The fraction of sp³-hybridized carbons (Fsp3) is 0.500. The SMILES string of the molecule is CCN(CCC(N)=NO)Cc1ccc(Br)s1. The lowest BCUT2D eigenvalue weighted by Gasteiger charge is -2.18. The van der Waals surface area contributed by atoms with E-state index in [1.54, 1.807) is 11.3 Å². The standard InChI is InChI=1S/C10H16BrN3OS/c1-2-14(6-5-10(12)13-15)7-8-3-4-9(11)16-8/h3-4,15H,2,5-7H2,1H3,(H2,12,13). The van der Waals surface area contributed by atoms with Gasteiger partial charge in [-0.15, -0.1) is 11.3 Å². The van der Waals surface area contributed by atoms with Crippen LogP contribution in [-0.4, -0.2) is 29.0 Å². The Morgan fingerprint density at radius 1 is 1.62 bits per heavy atom. The maximum absolute atomic E-state index is 8.45. The largest absolute Gasteiger partial charge is 0.409 e. The van der Waals surface area contributed by atoms with Gasteiger partial charge in [0, 0.05) is 24.4 Å². The molecular formula is C10H16BrN3OS. The molecule has 0 aliphatic heterocycles. The van der Waals surface area contributed by atoms with Gasteiger partial charge in [0.15, 0.2) is 0 Å². The highest BCUT2D eigenvalue weighted by molar-refractivity contribution is 9.11. The molecule has 0 unspecified atom stereocenters. The van der Waals surface area contributed by atoms with Gasteiger partial charge in [-0.1, -0.05) is 12.1 Å². The Morgan fingerprint density at radius 3 is 2.88 bits per heavy atom. The van der Waals surface area contributed by atoms with E-state index in [2.05, 4.69) is 45.0 Å². The first-order valence-corrected chi connectivity index (χ1v) is 6.69. The second kappa shape index (κ2) is 6.88. The van der Waals surface area contributed by atoms with Crippen LogP contribution in [0.25, 0.3) is 0 Å². The number of halogens is 1. The van der Waals surface area contributed by atoms with E-state index in [1.165, 1.54) is 4.88 Å². The predicted octanol–water partition coefficient (Wildman–Crippen LogP) is 2.47. The molecule has 6 heteroatoms. The molecule has 0 radical (unpaired) electrons. The maximum atomic E-state index is 8.45. The summed E-state index contributed by atoms with van der Waals surface area (Å²) in [5, 5.41) is 11.4. The third-order valence-electron chi connectivity index (χ3n) is 2.27. The molecule has 0 spiro atoms. The Balaban J connectivity index is 2.43. The van der Waals surface area contributed by atoms with Crippen LogP contribution in [0.15, 0.2) is 21.1 Å². The van der Waals surface area contributed by atoms with Gasteiger partial charge >= 0.3 is 0 Å². The van der Waals surface area contributed by atoms with Crippen molar-refractivity contribution in [3.63, 3.8) is 0 Å². The first-order valence-electron chi connectivity index (χ1n) is 5.08. The van der Waals surface area contributed by atoms with Gasteiger partial charge in [0.05, 0.1) is 3.79 Å². The van der Waals surface area contributed by atoms with Crippen LogP contribution in [0.3, 0.4) is 0 Å². The molecule has 1 rings (SSSR count). The first kappa shape index (κ1) is 13.5. The molecular weight excluding hydrogens is 290 g/mol. The van der Waals surface area contributed by atoms with Crippen LogP contribution in [0.1, 0.15) is 18.2 Å². The van der Waals surface area contributed by atoms with Gasteiger partial charge in [0.25, 0.3) is 0 Å². The molecule has 1 aromatic heterocycles. The van der Waals surface area contributed by atoms with Crippen molar-refractivity contribution in [2.24, 2.45) is 10.9 Å². The summed E-state index contributed by atoms with van der Waals surface area (Å²) >= 11 is 5.18. The van der Waals surface area contributed by atoms with Gasteiger partial charge < -0.3 is 10.9 Å². The molecule has 0 saturated heterocycles. The molecule has 1 heterocycles. The first-order chi connectivity index (χ1) is 7.65. The molecule has 4 nitrogen and oxygen atoms in total. The summed E-state index contributed by atoms with van der Waals surface area (Å²) in [5.74, 6) is 0.283. The van der Waals surface area contributed by atoms with Gasteiger partial charge in [-0.2, -0.15) is 0 Å². The van der Waals surface area contributed by atoms with E-state index >= 15 is 0 Å². The van der Waals surface area contributed by atoms with Crippen LogP contribution in [0.2, 0.25) is 0 Å². The van der Waals surface area contributed by atoms with Crippen LogP contribution in [0.5, 0.6) is 0 Å². The third kappa shape index (κ3) is 4.51. The topological polar surface area (TPSA) is 61.8 Å². The van der Waals surface area contributed by atoms with Crippen molar-refractivity contribution in [1.29, 1.82) is 0 Å². The molecule has 0 bridgehead atoms. The molecule has 90 valence electrons. The Morgan fingerprint density at radius 2 is 2.38 bits per heavy atom. The van der Waals surface area contributed by atoms with E-state index in [0.29, 0.717) is 6.42 Å². The molecule has 0 amide bonds. The quantitative estimate of drug-likeness (QED) is 0.367. The highest BCUT2D eigenvalue weighted by atomic mass is 79.9. The number of thiophene rings is 1. The third-order valence-corrected chi connectivity index (χ3v) is 3.88. The number of oxime groups is 1. The Hall–Kier alpha value is -0.590. The smallest absolute Gasteiger partial charge is 0.140 e. The lowest BCUT2D eigenvalue weighted by Crippen LogP contribution is -2.27. The molecule has 0 fully saturated rings. The van der Waals surface area contributed by atoms with Crippen molar-refractivity contribution >= 4 is 33.1 Å². The van der Waals surface area contributed by atoms with Crippen LogP contribution in [0, 0.1) is 0 Å². The van der Waals surface area contributed by atoms with Gasteiger partial charge in [-0.25, -0.2) is 0 Å². The van der Waals surface area contributed by atoms with Gasteiger partial charge in [0.2, 0.25) is 0 Å². The maximum Gasteiger partial charge on any atom is 0.140 e. The van der Waals surface area contributed by atoms with Crippen molar-refractivity contribution in [2.45, 2.75) is 19.9 Å². The fourth-order valence-corrected chi connectivity index (χ4v) is 2.85. The minimum atomic E-state index is 0.283. The highest BCUT2D eigenvalue weighted by Gasteiger charge is 2.06. The summed E-state index contributed by atoms with van der Waals surface area (Å²) in [4.78, 5) is 3.57. The van der Waals surface area contributed by atoms with Crippen molar-refractivity contribution < 1.29 is 5.21 Å². The number of nitrogens with two attached hydrogens (primary N) is 1.